The molecule has 0 aromatic carbocycles. The van der Waals surface area contributed by atoms with E-state index in [1.165, 1.54) is 0 Å². The summed E-state index contributed by atoms with van der Waals surface area (Å²) < 4.78 is 7.00. The Hall–Kier alpha value is -2.96. The Morgan fingerprint density at radius 1 is 1.18 bits per heavy atom. The average Bonchev–Trinajstić information content (AvgIpc) is 3.10. The van der Waals surface area contributed by atoms with Gasteiger partial charge < -0.3 is 9.30 Å². The van der Waals surface area contributed by atoms with Crippen molar-refractivity contribution in [2.24, 2.45) is 11.8 Å². The number of hydrogen-bond acceptors (Lipinski definition) is 5. The Balaban J connectivity index is 1.58. The number of hydrogen-bond donors (Lipinski definition) is 0. The molecular formula is C21H24N2O5. The van der Waals surface area contributed by atoms with E-state index >= 15 is 0 Å². The maximum absolute atomic E-state index is 12.4. The molecule has 0 N–H and O–H groups in total. The fourth-order valence-electron chi connectivity index (χ4n) is 3.92. The van der Waals surface area contributed by atoms with Crippen molar-refractivity contribution < 1.29 is 23.9 Å². The van der Waals surface area contributed by atoms with E-state index in [1.54, 1.807) is 12.1 Å². The van der Waals surface area contributed by atoms with E-state index < -0.39 is 19.1 Å². The van der Waals surface area contributed by atoms with Gasteiger partial charge in [0, 0.05) is 23.5 Å². The lowest BCUT2D eigenvalue weighted by Gasteiger charge is -2.14. The highest BCUT2D eigenvalue weighted by Crippen LogP contribution is 2.34. The maximum atomic E-state index is 12.4. The molecule has 7 heteroatoms. The van der Waals surface area contributed by atoms with Gasteiger partial charge in [0.1, 0.15) is 6.54 Å². The number of nitrogens with zero attached hydrogens (tertiary/aromatic N) is 2. The van der Waals surface area contributed by atoms with Crippen LogP contribution < -0.4 is 0 Å². The lowest BCUT2D eigenvalue weighted by molar-refractivity contribution is -0.152. The number of carbonyl (C=O) groups is 4. The summed E-state index contributed by atoms with van der Waals surface area (Å²) in [5, 5.41) is 0. The molecule has 0 unspecified atom stereocenters. The van der Waals surface area contributed by atoms with E-state index in [0.717, 1.165) is 16.3 Å². The van der Waals surface area contributed by atoms with E-state index in [4.69, 9.17) is 4.74 Å². The van der Waals surface area contributed by atoms with Crippen LogP contribution in [0.1, 0.15) is 34.6 Å². The van der Waals surface area contributed by atoms with Crippen molar-refractivity contribution >= 4 is 23.6 Å². The molecule has 7 nitrogen and oxygen atoms in total. The number of esters is 1. The molecule has 1 aromatic heterocycles. The predicted molar refractivity (Wildman–Crippen MR) is 101 cm³/mol. The van der Waals surface area contributed by atoms with Crippen LogP contribution in [0.15, 0.2) is 30.9 Å². The Kier molecular flexibility index (Phi) is 5.63. The van der Waals surface area contributed by atoms with Crippen LogP contribution in [0.4, 0.5) is 0 Å². The summed E-state index contributed by atoms with van der Waals surface area (Å²) in [7, 11) is 0. The van der Waals surface area contributed by atoms with Gasteiger partial charge in [0.05, 0.1) is 11.8 Å². The summed E-state index contributed by atoms with van der Waals surface area (Å²) in [6.07, 6.45) is 6.54. The summed E-state index contributed by atoms with van der Waals surface area (Å²) >= 11 is 0. The van der Waals surface area contributed by atoms with Gasteiger partial charge >= 0.3 is 5.97 Å². The quantitative estimate of drug-likeness (QED) is 0.311. The summed E-state index contributed by atoms with van der Waals surface area (Å²) in [5.74, 6) is -2.54. The van der Waals surface area contributed by atoms with Crippen molar-refractivity contribution in [2.45, 2.75) is 33.2 Å². The summed E-state index contributed by atoms with van der Waals surface area (Å²) in [5.41, 5.74) is 2.18. The number of likely N-dealkylation sites (tertiary alicyclic amines) is 1. The molecule has 0 saturated carbocycles. The van der Waals surface area contributed by atoms with E-state index in [9.17, 15) is 19.2 Å². The lowest BCUT2D eigenvalue weighted by atomic mass is 9.85. The van der Waals surface area contributed by atoms with Gasteiger partial charge in [-0.25, -0.2) is 0 Å². The second-order valence-corrected chi connectivity index (χ2v) is 7.19. The number of amides is 2. The van der Waals surface area contributed by atoms with Crippen molar-refractivity contribution in [3.8, 4) is 0 Å². The Bertz CT molecular complexity index is 854. The molecule has 1 aromatic rings. The molecule has 1 saturated heterocycles. The summed E-state index contributed by atoms with van der Waals surface area (Å²) in [4.78, 5) is 50.3. The minimum absolute atomic E-state index is 0.325. The van der Waals surface area contributed by atoms with Crippen LogP contribution in [0, 0.1) is 25.7 Å². The number of carbonyl (C=O) groups excluding carboxylic acids is 4. The molecule has 1 aliphatic carbocycles. The van der Waals surface area contributed by atoms with Crippen LogP contribution in [0.3, 0.4) is 0 Å². The van der Waals surface area contributed by atoms with Crippen LogP contribution in [0.25, 0.3) is 0 Å². The highest BCUT2D eigenvalue weighted by Gasteiger charge is 2.47. The number of imide groups is 1. The molecule has 0 spiro atoms. The molecule has 2 atom stereocenters. The van der Waals surface area contributed by atoms with Gasteiger partial charge in [-0.2, -0.15) is 0 Å². The number of aromatic nitrogens is 1. The van der Waals surface area contributed by atoms with E-state index in [-0.39, 0.29) is 29.4 Å². The van der Waals surface area contributed by atoms with Gasteiger partial charge in [0.25, 0.3) is 0 Å². The van der Waals surface area contributed by atoms with Gasteiger partial charge in [-0.1, -0.05) is 18.2 Å². The maximum Gasteiger partial charge on any atom is 0.326 e. The van der Waals surface area contributed by atoms with Crippen molar-refractivity contribution in [2.75, 3.05) is 13.2 Å². The number of aryl methyl sites for hydroxylation is 1. The van der Waals surface area contributed by atoms with Crippen LogP contribution >= 0.6 is 0 Å². The standard InChI is InChI=1S/C21H24N2O5/c1-4-9-22-13(2)10-17(14(22)3)18(24)12-28-19(25)11-23-20(26)15-7-5-6-8-16(15)21(23)27/h4-6,10,15-16H,1,7-9,11-12H2,2-3H3/t15-,16+. The first-order valence-electron chi connectivity index (χ1n) is 9.31. The largest absolute Gasteiger partial charge is 0.456 e. The number of rotatable bonds is 7. The molecule has 1 aliphatic heterocycles. The third-order valence-corrected chi connectivity index (χ3v) is 5.44. The second kappa shape index (κ2) is 7.96. The molecule has 0 radical (unpaired) electrons. The molecular weight excluding hydrogens is 360 g/mol. The zero-order chi connectivity index (χ0) is 20.4. The highest BCUT2D eigenvalue weighted by molar-refractivity contribution is 6.07. The fraction of sp³-hybridized carbons (Fsp3) is 0.429. The molecule has 0 bridgehead atoms. The number of allylic oxidation sites excluding steroid dienone is 3. The van der Waals surface area contributed by atoms with Crippen LogP contribution in [0.2, 0.25) is 0 Å². The van der Waals surface area contributed by atoms with Crippen molar-refractivity contribution in [3.63, 3.8) is 0 Å². The third-order valence-electron chi connectivity index (χ3n) is 5.44. The third kappa shape index (κ3) is 3.56. The molecule has 148 valence electrons. The zero-order valence-electron chi connectivity index (χ0n) is 16.1. The highest BCUT2D eigenvalue weighted by atomic mass is 16.5. The number of fused-ring (bicyclic) bond motifs is 1. The first-order valence-corrected chi connectivity index (χ1v) is 9.31. The smallest absolute Gasteiger partial charge is 0.326 e. The van der Waals surface area contributed by atoms with E-state index in [2.05, 4.69) is 6.58 Å². The Labute approximate surface area is 163 Å². The molecule has 28 heavy (non-hydrogen) atoms. The second-order valence-electron chi connectivity index (χ2n) is 7.19. The van der Waals surface area contributed by atoms with Gasteiger partial charge in [-0.3, -0.25) is 24.1 Å². The molecule has 3 rings (SSSR count). The van der Waals surface area contributed by atoms with Gasteiger partial charge in [0.2, 0.25) is 17.6 Å². The zero-order valence-corrected chi connectivity index (χ0v) is 16.1. The average molecular weight is 384 g/mol. The first-order chi connectivity index (χ1) is 13.3. The molecule has 2 aliphatic rings. The fourth-order valence-corrected chi connectivity index (χ4v) is 3.92. The number of ketones is 1. The Morgan fingerprint density at radius 3 is 2.36 bits per heavy atom. The minimum atomic E-state index is -0.762. The van der Waals surface area contributed by atoms with Crippen molar-refractivity contribution in [1.82, 2.24) is 9.47 Å². The molecule has 2 amide bonds. The monoisotopic (exact) mass is 384 g/mol. The van der Waals surface area contributed by atoms with Crippen LogP contribution in [-0.4, -0.2) is 46.2 Å². The number of ether oxygens (including phenoxy) is 1. The molecule has 1 fully saturated rings. The normalized spacial score (nSPS) is 21.0. The minimum Gasteiger partial charge on any atom is -0.456 e. The van der Waals surface area contributed by atoms with E-state index in [1.807, 2.05) is 30.6 Å². The number of Topliss-reactive ketones (excluding diaryl/α,β-unsaturated/α-hetero) is 1. The van der Waals surface area contributed by atoms with E-state index in [0.29, 0.717) is 24.9 Å². The van der Waals surface area contributed by atoms with Gasteiger partial charge in [-0.15, -0.1) is 6.58 Å². The molecule has 2 heterocycles. The SMILES string of the molecule is C=CCn1c(C)cc(C(=O)COC(=O)CN2C(=O)[C@H]3CC=CC[C@H]3C2=O)c1C. The first kappa shape index (κ1) is 19.8. The van der Waals surface area contributed by atoms with Gasteiger partial charge in [0.15, 0.2) is 6.61 Å². The lowest BCUT2D eigenvalue weighted by Crippen LogP contribution is -2.37. The van der Waals surface area contributed by atoms with Crippen LogP contribution in [-0.2, 0) is 25.7 Å². The Morgan fingerprint density at radius 2 is 1.79 bits per heavy atom. The van der Waals surface area contributed by atoms with Gasteiger partial charge in [-0.05, 0) is 32.8 Å². The van der Waals surface area contributed by atoms with Crippen LogP contribution in [0.5, 0.6) is 0 Å². The summed E-state index contributed by atoms with van der Waals surface area (Å²) in [6, 6.07) is 1.75. The van der Waals surface area contributed by atoms with Crippen molar-refractivity contribution in [3.05, 3.63) is 47.8 Å². The summed E-state index contributed by atoms with van der Waals surface area (Å²) in [6.45, 7) is 7.12. The predicted octanol–water partition coefficient (Wildman–Crippen LogP) is 1.97. The topological polar surface area (TPSA) is 85.7 Å². The van der Waals surface area contributed by atoms with Crippen molar-refractivity contribution in [1.29, 1.82) is 0 Å².